The van der Waals surface area contributed by atoms with Gasteiger partial charge < -0.3 is 9.67 Å². The Labute approximate surface area is 143 Å². The SMILES string of the molecule is Cn1c(=O)c(C2=NN(c3ccccc3)C(=O)C2)c(O)c2ccccc21. The molecule has 1 aliphatic heterocycles. The first kappa shape index (κ1) is 15.1. The summed E-state index contributed by atoms with van der Waals surface area (Å²) >= 11 is 0. The van der Waals surface area contributed by atoms with Gasteiger partial charge >= 0.3 is 0 Å². The van der Waals surface area contributed by atoms with Crippen molar-refractivity contribution in [2.24, 2.45) is 12.1 Å². The molecule has 6 heteroatoms. The van der Waals surface area contributed by atoms with Crippen LogP contribution >= 0.6 is 0 Å². The molecule has 1 N–H and O–H groups in total. The third kappa shape index (κ3) is 2.30. The second-order valence-corrected chi connectivity index (χ2v) is 5.87. The topological polar surface area (TPSA) is 74.9 Å². The van der Waals surface area contributed by atoms with E-state index in [1.165, 1.54) is 9.58 Å². The van der Waals surface area contributed by atoms with Crippen LogP contribution in [-0.2, 0) is 11.8 Å². The number of hydrogen-bond donors (Lipinski definition) is 1. The molecule has 0 unspecified atom stereocenters. The number of fused-ring (bicyclic) bond motifs is 1. The normalized spacial score (nSPS) is 14.2. The lowest BCUT2D eigenvalue weighted by molar-refractivity contribution is -0.116. The maximum Gasteiger partial charge on any atom is 0.263 e. The van der Waals surface area contributed by atoms with E-state index in [4.69, 9.17) is 0 Å². The zero-order chi connectivity index (χ0) is 17.6. The summed E-state index contributed by atoms with van der Waals surface area (Å²) in [5.74, 6) is -0.379. The molecule has 2 aromatic carbocycles. The van der Waals surface area contributed by atoms with Gasteiger partial charge in [0.15, 0.2) is 0 Å². The Balaban J connectivity index is 1.91. The van der Waals surface area contributed by atoms with Crippen LogP contribution in [0.2, 0.25) is 0 Å². The predicted molar refractivity (Wildman–Crippen MR) is 95.9 cm³/mol. The van der Waals surface area contributed by atoms with Crippen molar-refractivity contribution < 1.29 is 9.90 Å². The van der Waals surface area contributed by atoms with Crippen LogP contribution in [0.3, 0.4) is 0 Å². The maximum absolute atomic E-state index is 12.7. The number of carbonyl (C=O) groups is 1. The molecule has 0 fully saturated rings. The molecule has 1 aromatic heterocycles. The van der Waals surface area contributed by atoms with Crippen molar-refractivity contribution >= 4 is 28.2 Å². The number of hydrogen-bond acceptors (Lipinski definition) is 4. The predicted octanol–water partition coefficient (Wildman–Crippen LogP) is 2.39. The number of aromatic nitrogens is 1. The molecule has 6 nitrogen and oxygen atoms in total. The smallest absolute Gasteiger partial charge is 0.263 e. The third-order valence-electron chi connectivity index (χ3n) is 4.34. The first-order chi connectivity index (χ1) is 12.1. The van der Waals surface area contributed by atoms with Crippen LogP contribution in [-0.4, -0.2) is 21.3 Å². The Kier molecular flexibility index (Phi) is 3.39. The Morgan fingerprint density at radius 1 is 1.00 bits per heavy atom. The quantitative estimate of drug-likeness (QED) is 0.782. The maximum atomic E-state index is 12.7. The van der Waals surface area contributed by atoms with Gasteiger partial charge in [0.2, 0.25) is 0 Å². The van der Waals surface area contributed by atoms with Crippen molar-refractivity contribution in [1.29, 1.82) is 0 Å². The van der Waals surface area contributed by atoms with Crippen molar-refractivity contribution in [1.82, 2.24) is 4.57 Å². The minimum Gasteiger partial charge on any atom is -0.506 e. The van der Waals surface area contributed by atoms with Gasteiger partial charge in [0.1, 0.15) is 11.3 Å². The number of para-hydroxylation sites is 2. The van der Waals surface area contributed by atoms with E-state index in [9.17, 15) is 14.7 Å². The van der Waals surface area contributed by atoms with Gasteiger partial charge in [-0.05, 0) is 24.3 Å². The molecule has 2 heterocycles. The first-order valence-electron chi connectivity index (χ1n) is 7.84. The van der Waals surface area contributed by atoms with Crippen LogP contribution < -0.4 is 10.6 Å². The number of amides is 1. The van der Waals surface area contributed by atoms with Crippen molar-refractivity contribution in [3.05, 3.63) is 70.5 Å². The van der Waals surface area contributed by atoms with Crippen LogP contribution in [0.15, 0.2) is 64.5 Å². The molecule has 4 rings (SSSR count). The van der Waals surface area contributed by atoms with E-state index in [1.54, 1.807) is 43.4 Å². The number of aryl methyl sites for hydroxylation is 1. The molecule has 0 aliphatic carbocycles. The highest BCUT2D eigenvalue weighted by Crippen LogP contribution is 2.29. The standard InChI is InChI=1S/C19H15N3O3/c1-21-15-10-6-5-9-13(15)18(24)17(19(21)25)14-11-16(23)22(20-14)12-7-3-2-4-8-12/h2-10,24H,11H2,1H3. The highest BCUT2D eigenvalue weighted by Gasteiger charge is 2.30. The largest absolute Gasteiger partial charge is 0.506 e. The van der Waals surface area contributed by atoms with Gasteiger partial charge in [0.05, 0.1) is 23.3 Å². The summed E-state index contributed by atoms with van der Waals surface area (Å²) < 4.78 is 1.46. The summed E-state index contributed by atoms with van der Waals surface area (Å²) in [7, 11) is 1.64. The molecule has 0 radical (unpaired) electrons. The zero-order valence-electron chi connectivity index (χ0n) is 13.5. The molecule has 124 valence electrons. The fourth-order valence-corrected chi connectivity index (χ4v) is 3.08. The number of aromatic hydroxyl groups is 1. The molecule has 1 aliphatic rings. The number of anilines is 1. The minimum absolute atomic E-state index is 0.0317. The van der Waals surface area contributed by atoms with E-state index in [2.05, 4.69) is 5.10 Å². The lowest BCUT2D eigenvalue weighted by Gasteiger charge is -2.11. The number of benzene rings is 2. The molecule has 1 amide bonds. The van der Waals surface area contributed by atoms with Crippen molar-refractivity contribution in [2.75, 3.05) is 5.01 Å². The Bertz CT molecular complexity index is 1080. The number of pyridine rings is 1. The first-order valence-corrected chi connectivity index (χ1v) is 7.84. The minimum atomic E-state index is -0.377. The van der Waals surface area contributed by atoms with Crippen molar-refractivity contribution in [3.8, 4) is 5.75 Å². The highest BCUT2D eigenvalue weighted by atomic mass is 16.3. The zero-order valence-corrected chi connectivity index (χ0v) is 13.5. The number of nitrogens with zero attached hydrogens (tertiary/aromatic N) is 3. The number of rotatable bonds is 2. The Morgan fingerprint density at radius 2 is 1.68 bits per heavy atom. The summed E-state index contributed by atoms with van der Waals surface area (Å²) in [6.45, 7) is 0. The molecule has 0 spiro atoms. The summed E-state index contributed by atoms with van der Waals surface area (Å²) in [5.41, 5.74) is 1.22. The molecule has 0 saturated heterocycles. The van der Waals surface area contributed by atoms with Crippen LogP contribution in [0.25, 0.3) is 10.9 Å². The molecule has 0 saturated carbocycles. The van der Waals surface area contributed by atoms with E-state index < -0.39 is 0 Å². The molecule has 25 heavy (non-hydrogen) atoms. The molecule has 0 bridgehead atoms. The lowest BCUT2D eigenvalue weighted by Crippen LogP contribution is -2.25. The van der Waals surface area contributed by atoms with Crippen molar-refractivity contribution in [3.63, 3.8) is 0 Å². The van der Waals surface area contributed by atoms with Gasteiger partial charge in [-0.1, -0.05) is 30.3 Å². The van der Waals surface area contributed by atoms with Gasteiger partial charge in [-0.3, -0.25) is 9.59 Å². The molecule has 3 aromatic rings. The van der Waals surface area contributed by atoms with Crippen LogP contribution in [0.5, 0.6) is 5.75 Å². The second-order valence-electron chi connectivity index (χ2n) is 5.87. The third-order valence-corrected chi connectivity index (χ3v) is 4.34. The van der Waals surface area contributed by atoms with E-state index in [0.717, 1.165) is 0 Å². The Morgan fingerprint density at radius 3 is 2.44 bits per heavy atom. The average Bonchev–Trinajstić information content (AvgIpc) is 3.02. The van der Waals surface area contributed by atoms with Crippen LogP contribution in [0, 0.1) is 0 Å². The lowest BCUT2D eigenvalue weighted by atomic mass is 10.0. The van der Waals surface area contributed by atoms with Gasteiger partial charge in [0.25, 0.3) is 11.5 Å². The highest BCUT2D eigenvalue weighted by molar-refractivity contribution is 6.21. The molecular weight excluding hydrogens is 318 g/mol. The van der Waals surface area contributed by atoms with Gasteiger partial charge in [-0.15, -0.1) is 0 Å². The fraction of sp³-hybridized carbons (Fsp3) is 0.105. The van der Waals surface area contributed by atoms with Crippen LogP contribution in [0.4, 0.5) is 5.69 Å². The van der Waals surface area contributed by atoms with Crippen LogP contribution in [0.1, 0.15) is 12.0 Å². The number of hydrazone groups is 1. The average molecular weight is 333 g/mol. The monoisotopic (exact) mass is 333 g/mol. The van der Waals surface area contributed by atoms with Crippen molar-refractivity contribution in [2.45, 2.75) is 6.42 Å². The van der Waals surface area contributed by atoms with E-state index in [1.807, 2.05) is 18.2 Å². The van der Waals surface area contributed by atoms with Gasteiger partial charge in [0, 0.05) is 12.4 Å². The summed E-state index contributed by atoms with van der Waals surface area (Å²) in [6, 6.07) is 16.1. The molecule has 0 atom stereocenters. The van der Waals surface area contributed by atoms with E-state index >= 15 is 0 Å². The summed E-state index contributed by atoms with van der Waals surface area (Å²) in [6.07, 6.45) is -0.0317. The fourth-order valence-electron chi connectivity index (χ4n) is 3.08. The Hall–Kier alpha value is -3.41. The molecular formula is C19H15N3O3. The van der Waals surface area contributed by atoms with Gasteiger partial charge in [-0.25, -0.2) is 5.01 Å². The number of carbonyl (C=O) groups excluding carboxylic acids is 1. The van der Waals surface area contributed by atoms with E-state index in [-0.39, 0.29) is 34.9 Å². The van der Waals surface area contributed by atoms with Gasteiger partial charge in [-0.2, -0.15) is 5.10 Å². The van der Waals surface area contributed by atoms with E-state index in [0.29, 0.717) is 16.6 Å². The summed E-state index contributed by atoms with van der Waals surface area (Å²) in [5, 5.41) is 16.8. The summed E-state index contributed by atoms with van der Waals surface area (Å²) in [4.78, 5) is 25.1. The second kappa shape index (κ2) is 5.59.